The fourth-order valence-electron chi connectivity index (χ4n) is 2.09. The summed E-state index contributed by atoms with van der Waals surface area (Å²) >= 11 is 1.47. The number of thiazole rings is 1. The number of carbonyl (C=O) groups excluding carboxylic acids is 1. The molecule has 104 valence electrons. The largest absolute Gasteiger partial charge is 0.463 e. The lowest BCUT2D eigenvalue weighted by molar-refractivity contribution is -0.139. The molecule has 2 aromatic rings. The maximum absolute atomic E-state index is 12.0. The first-order valence-electron chi connectivity index (χ1n) is 6.54. The lowest BCUT2D eigenvalue weighted by Crippen LogP contribution is -2.56. The zero-order valence-corrected chi connectivity index (χ0v) is 11.8. The van der Waals surface area contributed by atoms with Gasteiger partial charge in [-0.1, -0.05) is 11.3 Å². The molecule has 0 saturated carbocycles. The number of likely N-dealkylation sites (tertiary alicyclic amines) is 1. The molecule has 2 aromatic heterocycles. The second kappa shape index (κ2) is 6.00. The summed E-state index contributed by atoms with van der Waals surface area (Å²) in [6, 6.07) is 3.88. The minimum absolute atomic E-state index is 0.0889. The maximum Gasteiger partial charge on any atom is 0.273 e. The predicted molar refractivity (Wildman–Crippen MR) is 75.7 cm³/mol. The smallest absolute Gasteiger partial charge is 0.273 e. The van der Waals surface area contributed by atoms with Gasteiger partial charge in [0.1, 0.15) is 6.10 Å². The van der Waals surface area contributed by atoms with Gasteiger partial charge >= 0.3 is 0 Å². The van der Waals surface area contributed by atoms with E-state index in [2.05, 4.69) is 9.97 Å². The van der Waals surface area contributed by atoms with Crippen molar-refractivity contribution in [2.45, 2.75) is 18.9 Å². The third-order valence-electron chi connectivity index (χ3n) is 3.25. The molecule has 1 aliphatic rings. The summed E-state index contributed by atoms with van der Waals surface area (Å²) in [5.74, 6) is 0.181. The molecule has 20 heavy (non-hydrogen) atoms. The Bertz CT molecular complexity index is 553. The second-order valence-electron chi connectivity index (χ2n) is 4.69. The second-order valence-corrected chi connectivity index (χ2v) is 5.55. The van der Waals surface area contributed by atoms with Crippen molar-refractivity contribution in [2.75, 3.05) is 13.1 Å². The van der Waals surface area contributed by atoms with Crippen LogP contribution in [0.1, 0.15) is 12.0 Å². The van der Waals surface area contributed by atoms with Crippen molar-refractivity contribution in [1.29, 1.82) is 0 Å². The highest BCUT2D eigenvalue weighted by Crippen LogP contribution is 2.20. The number of ether oxygens (including phenoxy) is 1. The lowest BCUT2D eigenvalue weighted by Gasteiger charge is -2.38. The lowest BCUT2D eigenvalue weighted by atomic mass is 10.1. The van der Waals surface area contributed by atoms with E-state index in [-0.39, 0.29) is 12.0 Å². The number of hydrogen-bond acceptors (Lipinski definition) is 5. The number of aryl methyl sites for hydroxylation is 1. The van der Waals surface area contributed by atoms with Crippen LogP contribution in [0.2, 0.25) is 0 Å². The minimum Gasteiger partial charge on any atom is -0.463 e. The van der Waals surface area contributed by atoms with E-state index >= 15 is 0 Å². The molecule has 0 aromatic carbocycles. The number of aromatic nitrogens is 2. The van der Waals surface area contributed by atoms with Gasteiger partial charge < -0.3 is 9.64 Å². The first-order chi connectivity index (χ1) is 9.81. The number of carbonyl (C=O) groups is 1. The number of hydrogen-bond donors (Lipinski definition) is 0. The van der Waals surface area contributed by atoms with Gasteiger partial charge in [-0.05, 0) is 24.1 Å². The highest BCUT2D eigenvalue weighted by atomic mass is 32.1. The van der Waals surface area contributed by atoms with E-state index in [1.54, 1.807) is 18.6 Å². The summed E-state index contributed by atoms with van der Waals surface area (Å²) in [6.45, 7) is 1.32. The molecule has 0 spiro atoms. The first-order valence-corrected chi connectivity index (χ1v) is 7.42. The molecule has 1 fully saturated rings. The van der Waals surface area contributed by atoms with Gasteiger partial charge in [-0.15, -0.1) is 0 Å². The van der Waals surface area contributed by atoms with Crippen molar-refractivity contribution >= 4 is 17.2 Å². The first kappa shape index (κ1) is 13.1. The van der Waals surface area contributed by atoms with E-state index in [0.717, 1.165) is 12.0 Å². The zero-order valence-electron chi connectivity index (χ0n) is 10.9. The quantitative estimate of drug-likeness (QED) is 0.841. The van der Waals surface area contributed by atoms with Crippen molar-refractivity contribution in [3.05, 3.63) is 41.7 Å². The van der Waals surface area contributed by atoms with Gasteiger partial charge in [-0.25, -0.2) is 4.98 Å². The Morgan fingerprint density at radius 2 is 2.15 bits per heavy atom. The van der Waals surface area contributed by atoms with Crippen molar-refractivity contribution in [3.63, 3.8) is 0 Å². The van der Waals surface area contributed by atoms with Crippen molar-refractivity contribution in [1.82, 2.24) is 14.9 Å². The third kappa shape index (κ3) is 3.14. The van der Waals surface area contributed by atoms with E-state index in [9.17, 15) is 4.79 Å². The van der Waals surface area contributed by atoms with Crippen molar-refractivity contribution in [2.24, 2.45) is 0 Å². The van der Waals surface area contributed by atoms with Gasteiger partial charge in [-0.2, -0.15) is 0 Å². The van der Waals surface area contributed by atoms with Crippen LogP contribution in [0.3, 0.4) is 0 Å². The highest BCUT2D eigenvalue weighted by molar-refractivity contribution is 7.11. The van der Waals surface area contributed by atoms with Gasteiger partial charge in [0, 0.05) is 30.4 Å². The highest BCUT2D eigenvalue weighted by Gasteiger charge is 2.32. The molecular weight excluding hydrogens is 274 g/mol. The van der Waals surface area contributed by atoms with Crippen molar-refractivity contribution < 1.29 is 9.53 Å². The normalized spacial score (nSPS) is 14.9. The van der Waals surface area contributed by atoms with Crippen LogP contribution in [-0.2, 0) is 11.2 Å². The molecule has 0 N–H and O–H groups in total. The zero-order chi connectivity index (χ0) is 13.8. The molecule has 0 radical (unpaired) electrons. The molecule has 3 heterocycles. The Kier molecular flexibility index (Phi) is 3.92. The Morgan fingerprint density at radius 3 is 2.85 bits per heavy atom. The summed E-state index contributed by atoms with van der Waals surface area (Å²) in [5.41, 5.74) is 1.14. The average molecular weight is 289 g/mol. The molecule has 0 bridgehead atoms. The summed E-state index contributed by atoms with van der Waals surface area (Å²) in [6.07, 6.45) is 6.61. The fraction of sp³-hybridized carbons (Fsp3) is 0.357. The van der Waals surface area contributed by atoms with Gasteiger partial charge in [0.15, 0.2) is 0 Å². The van der Waals surface area contributed by atoms with Crippen LogP contribution in [-0.4, -0.2) is 40.0 Å². The Morgan fingerprint density at radius 1 is 1.35 bits per heavy atom. The Hall–Kier alpha value is -1.95. The van der Waals surface area contributed by atoms with E-state index in [0.29, 0.717) is 24.7 Å². The molecule has 1 aliphatic heterocycles. The molecule has 0 atom stereocenters. The van der Waals surface area contributed by atoms with E-state index in [4.69, 9.17) is 4.74 Å². The SMILES string of the molecule is O=C(CCc1ccncc1)N1CC(Oc2nccs2)C1. The molecule has 6 heteroatoms. The number of rotatable bonds is 5. The standard InChI is InChI=1S/C14H15N3O2S/c18-13(2-1-11-3-5-15-6-4-11)17-9-12(10-17)19-14-16-7-8-20-14/h3-8,12H,1-2,9-10H2. The topological polar surface area (TPSA) is 55.3 Å². The maximum atomic E-state index is 12.0. The van der Waals surface area contributed by atoms with E-state index < -0.39 is 0 Å². The molecule has 5 nitrogen and oxygen atoms in total. The summed E-state index contributed by atoms with van der Waals surface area (Å²) < 4.78 is 5.64. The summed E-state index contributed by atoms with van der Waals surface area (Å²) in [5, 5.41) is 2.56. The van der Waals surface area contributed by atoms with E-state index in [1.165, 1.54) is 11.3 Å². The van der Waals surface area contributed by atoms with Crippen molar-refractivity contribution in [3.8, 4) is 5.19 Å². The molecule has 0 unspecified atom stereocenters. The Balaban J connectivity index is 1.40. The van der Waals surface area contributed by atoms with Crippen LogP contribution in [0.5, 0.6) is 5.19 Å². The van der Waals surface area contributed by atoms with Crippen LogP contribution in [0.25, 0.3) is 0 Å². The monoisotopic (exact) mass is 289 g/mol. The average Bonchev–Trinajstić information content (AvgIpc) is 2.94. The van der Waals surface area contributed by atoms with Gasteiger partial charge in [0.05, 0.1) is 13.1 Å². The van der Waals surface area contributed by atoms with Crippen LogP contribution >= 0.6 is 11.3 Å². The van der Waals surface area contributed by atoms with Crippen LogP contribution in [0.4, 0.5) is 0 Å². The number of amides is 1. The fourth-order valence-corrected chi connectivity index (χ4v) is 2.64. The summed E-state index contributed by atoms with van der Waals surface area (Å²) in [4.78, 5) is 21.9. The number of pyridine rings is 1. The molecule has 0 aliphatic carbocycles. The van der Waals surface area contributed by atoms with Crippen LogP contribution in [0, 0.1) is 0 Å². The van der Waals surface area contributed by atoms with Gasteiger partial charge in [0.25, 0.3) is 5.19 Å². The predicted octanol–water partition coefficient (Wildman–Crippen LogP) is 1.76. The van der Waals surface area contributed by atoms with Gasteiger partial charge in [-0.3, -0.25) is 9.78 Å². The van der Waals surface area contributed by atoms with Gasteiger partial charge in [0.2, 0.25) is 5.91 Å². The molecule has 1 saturated heterocycles. The van der Waals surface area contributed by atoms with Crippen LogP contribution < -0.4 is 4.74 Å². The van der Waals surface area contributed by atoms with E-state index in [1.807, 2.05) is 22.4 Å². The Labute approximate surface area is 121 Å². The summed E-state index contributed by atoms with van der Waals surface area (Å²) in [7, 11) is 0. The van der Waals surface area contributed by atoms with Crippen LogP contribution in [0.15, 0.2) is 36.1 Å². The molecule has 3 rings (SSSR count). The number of nitrogens with zero attached hydrogens (tertiary/aromatic N) is 3. The minimum atomic E-state index is 0.0889. The molecule has 1 amide bonds. The molecular formula is C14H15N3O2S. The third-order valence-corrected chi connectivity index (χ3v) is 3.92.